The number of hydrogen-bond acceptors (Lipinski definition) is 9. The average molecular weight is 562 g/mol. The second kappa shape index (κ2) is 11.1. The first-order chi connectivity index (χ1) is 19.4. The van der Waals surface area contributed by atoms with Crippen LogP contribution in [0, 0.1) is 0 Å². The third kappa shape index (κ3) is 5.73. The molecule has 2 aromatic carbocycles. The molecule has 0 aliphatic carbocycles. The monoisotopic (exact) mass is 561 g/mol. The van der Waals surface area contributed by atoms with E-state index in [-0.39, 0.29) is 6.79 Å². The van der Waals surface area contributed by atoms with Crippen LogP contribution in [0.2, 0.25) is 0 Å². The van der Waals surface area contributed by atoms with Gasteiger partial charge in [-0.15, -0.1) is 0 Å². The molecule has 11 nitrogen and oxygen atoms in total. The van der Waals surface area contributed by atoms with E-state index in [0.29, 0.717) is 68.6 Å². The first-order valence-electron chi connectivity index (χ1n) is 13.2. The van der Waals surface area contributed by atoms with Gasteiger partial charge < -0.3 is 24.3 Å². The number of nitrogens with one attached hydrogen (secondary N) is 1. The van der Waals surface area contributed by atoms with Gasteiger partial charge in [-0.25, -0.2) is 17.7 Å². The smallest absolute Gasteiger partial charge is 0.231 e. The van der Waals surface area contributed by atoms with Gasteiger partial charge in [0.1, 0.15) is 0 Å². The van der Waals surface area contributed by atoms with E-state index in [1.54, 1.807) is 6.33 Å². The lowest BCUT2D eigenvalue weighted by atomic mass is 10.2. The Morgan fingerprint density at radius 2 is 1.85 bits per heavy atom. The number of imidazole rings is 1. The van der Waals surface area contributed by atoms with Gasteiger partial charge >= 0.3 is 0 Å². The third-order valence-electron chi connectivity index (χ3n) is 6.97. The second-order valence-electron chi connectivity index (χ2n) is 9.80. The number of hydrogen-bond donors (Lipinski definition) is 1. The molecular formula is C28H31N7O4S. The summed E-state index contributed by atoms with van der Waals surface area (Å²) in [5.41, 5.74) is 3.51. The number of anilines is 2. The molecule has 2 aromatic heterocycles. The van der Waals surface area contributed by atoms with Crippen molar-refractivity contribution in [3.05, 3.63) is 72.1 Å². The van der Waals surface area contributed by atoms with Gasteiger partial charge in [0, 0.05) is 39.3 Å². The average Bonchev–Trinajstić information content (AvgIpc) is 3.50. The third-order valence-corrected chi connectivity index (χ3v) is 8.27. The van der Waals surface area contributed by atoms with Crippen LogP contribution >= 0.6 is 0 Å². The van der Waals surface area contributed by atoms with Crippen LogP contribution in [0.3, 0.4) is 0 Å². The number of nitrogens with zero attached hydrogens (tertiary/aromatic N) is 6. The van der Waals surface area contributed by atoms with Crippen LogP contribution in [0.1, 0.15) is 17.5 Å². The highest BCUT2D eigenvalue weighted by Gasteiger charge is 2.24. The zero-order valence-corrected chi connectivity index (χ0v) is 23.0. The lowest BCUT2D eigenvalue weighted by Gasteiger charge is -2.22. The molecule has 4 heterocycles. The fourth-order valence-corrected chi connectivity index (χ4v) is 5.73. The summed E-state index contributed by atoms with van der Waals surface area (Å²) in [5, 5.41) is 3.44. The number of rotatable bonds is 8. The molecule has 0 amide bonds. The first kappa shape index (κ1) is 26.1. The van der Waals surface area contributed by atoms with E-state index in [9.17, 15) is 8.42 Å². The Bertz CT molecular complexity index is 1640. The van der Waals surface area contributed by atoms with Crippen molar-refractivity contribution >= 4 is 39.0 Å². The molecule has 0 atom stereocenters. The second-order valence-corrected chi connectivity index (χ2v) is 11.8. The van der Waals surface area contributed by atoms with E-state index in [0.717, 1.165) is 22.6 Å². The van der Waals surface area contributed by atoms with E-state index in [4.69, 9.17) is 19.4 Å². The van der Waals surface area contributed by atoms with Crippen molar-refractivity contribution in [2.24, 2.45) is 0 Å². The molecule has 1 N–H and O–H groups in total. The standard InChI is InChI=1S/C28H31N7O4S/c1-40(36,37)35-14-6-13-33(15-16-35)28-31-26(29-18-22-10-11-23-24(17-22)39-20-38-23)25-27(32-28)34(19-30-25)12-5-9-21-7-3-2-4-8-21/h2-5,7-11,17,19H,6,12-16,18,20H2,1H3,(H,29,31,32). The molecule has 2 aliphatic heterocycles. The lowest BCUT2D eigenvalue weighted by Crippen LogP contribution is -2.35. The molecule has 40 heavy (non-hydrogen) atoms. The molecule has 1 saturated heterocycles. The van der Waals surface area contributed by atoms with Crippen molar-refractivity contribution in [1.82, 2.24) is 23.8 Å². The fraction of sp³-hybridized carbons (Fsp3) is 0.321. The predicted molar refractivity (Wildman–Crippen MR) is 154 cm³/mol. The van der Waals surface area contributed by atoms with Crippen molar-refractivity contribution in [3.8, 4) is 11.5 Å². The van der Waals surface area contributed by atoms with Crippen molar-refractivity contribution in [1.29, 1.82) is 0 Å². The zero-order valence-electron chi connectivity index (χ0n) is 22.2. The topological polar surface area (TPSA) is 115 Å². The molecule has 12 heteroatoms. The molecule has 0 unspecified atom stereocenters. The molecule has 6 rings (SSSR count). The zero-order chi connectivity index (χ0) is 27.5. The first-order valence-corrected chi connectivity index (χ1v) is 15.1. The van der Waals surface area contributed by atoms with Gasteiger partial charge in [0.15, 0.2) is 28.5 Å². The number of allylic oxidation sites excluding steroid dienone is 1. The molecule has 2 aliphatic rings. The van der Waals surface area contributed by atoms with Crippen LogP contribution < -0.4 is 19.7 Å². The minimum absolute atomic E-state index is 0.227. The number of ether oxygens (including phenoxy) is 2. The summed E-state index contributed by atoms with van der Waals surface area (Å²) in [4.78, 5) is 16.5. The maximum atomic E-state index is 12.1. The predicted octanol–water partition coefficient (Wildman–Crippen LogP) is 3.35. The van der Waals surface area contributed by atoms with E-state index >= 15 is 0 Å². The van der Waals surface area contributed by atoms with Crippen LogP contribution in [-0.2, 0) is 23.1 Å². The molecular weight excluding hydrogens is 530 g/mol. The van der Waals surface area contributed by atoms with Crippen LogP contribution in [0.15, 0.2) is 60.9 Å². The molecule has 0 spiro atoms. The van der Waals surface area contributed by atoms with E-state index in [1.807, 2.05) is 45.9 Å². The quantitative estimate of drug-likeness (QED) is 0.346. The summed E-state index contributed by atoms with van der Waals surface area (Å²) in [6.07, 6.45) is 7.87. The van der Waals surface area contributed by atoms with Crippen molar-refractivity contribution in [2.75, 3.05) is 49.4 Å². The minimum atomic E-state index is -3.26. The van der Waals surface area contributed by atoms with Crippen LogP contribution in [0.5, 0.6) is 11.5 Å². The number of fused-ring (bicyclic) bond motifs is 2. The van der Waals surface area contributed by atoms with Crippen LogP contribution in [0.4, 0.5) is 11.8 Å². The fourth-order valence-electron chi connectivity index (χ4n) is 4.86. The number of aromatic nitrogens is 4. The Kier molecular flexibility index (Phi) is 7.27. The highest BCUT2D eigenvalue weighted by Crippen LogP contribution is 2.33. The van der Waals surface area contributed by atoms with Gasteiger partial charge in [-0.1, -0.05) is 48.6 Å². The molecule has 4 aromatic rings. The van der Waals surface area contributed by atoms with Gasteiger partial charge in [-0.05, 0) is 29.7 Å². The summed E-state index contributed by atoms with van der Waals surface area (Å²) in [5.74, 6) is 2.63. The Morgan fingerprint density at radius 1 is 1.00 bits per heavy atom. The highest BCUT2D eigenvalue weighted by molar-refractivity contribution is 7.88. The van der Waals surface area contributed by atoms with Crippen LogP contribution in [-0.4, -0.2) is 71.5 Å². The Hall–Kier alpha value is -4.16. The normalized spacial score (nSPS) is 16.1. The number of sulfonamides is 1. The Labute approximate surface area is 233 Å². The Morgan fingerprint density at radius 3 is 2.70 bits per heavy atom. The number of benzene rings is 2. The SMILES string of the molecule is CS(=O)(=O)N1CCCN(c2nc(NCc3ccc4c(c3)OCO4)c3ncn(CC=Cc4ccccc4)c3n2)CC1. The summed E-state index contributed by atoms with van der Waals surface area (Å²) in [6, 6.07) is 16.0. The maximum Gasteiger partial charge on any atom is 0.231 e. The molecule has 1 fully saturated rings. The molecule has 0 saturated carbocycles. The maximum absolute atomic E-state index is 12.1. The van der Waals surface area contributed by atoms with Crippen molar-refractivity contribution < 1.29 is 17.9 Å². The summed E-state index contributed by atoms with van der Waals surface area (Å²) < 4.78 is 38.8. The molecule has 208 valence electrons. The summed E-state index contributed by atoms with van der Waals surface area (Å²) in [6.45, 7) is 3.35. The Balaban J connectivity index is 1.29. The van der Waals surface area contributed by atoms with Crippen molar-refractivity contribution in [3.63, 3.8) is 0 Å². The highest BCUT2D eigenvalue weighted by atomic mass is 32.2. The molecule has 0 radical (unpaired) electrons. The van der Waals surface area contributed by atoms with Gasteiger partial charge in [0.25, 0.3) is 0 Å². The van der Waals surface area contributed by atoms with Crippen LogP contribution in [0.25, 0.3) is 17.2 Å². The lowest BCUT2D eigenvalue weighted by molar-refractivity contribution is 0.174. The summed E-state index contributed by atoms with van der Waals surface area (Å²) >= 11 is 0. The van der Waals surface area contributed by atoms with E-state index in [2.05, 4.69) is 34.6 Å². The van der Waals surface area contributed by atoms with E-state index in [1.165, 1.54) is 10.6 Å². The van der Waals surface area contributed by atoms with Gasteiger partial charge in [-0.3, -0.25) is 0 Å². The van der Waals surface area contributed by atoms with E-state index < -0.39 is 10.0 Å². The molecule has 0 bridgehead atoms. The van der Waals surface area contributed by atoms with Crippen molar-refractivity contribution in [2.45, 2.75) is 19.5 Å². The largest absolute Gasteiger partial charge is 0.454 e. The van der Waals surface area contributed by atoms with Gasteiger partial charge in [0.05, 0.1) is 12.6 Å². The van der Waals surface area contributed by atoms with Gasteiger partial charge in [-0.2, -0.15) is 9.97 Å². The van der Waals surface area contributed by atoms with Gasteiger partial charge in [0.2, 0.25) is 22.8 Å². The summed E-state index contributed by atoms with van der Waals surface area (Å²) in [7, 11) is -3.26. The minimum Gasteiger partial charge on any atom is -0.454 e.